The van der Waals surface area contributed by atoms with Crippen molar-refractivity contribution < 1.29 is 102 Å². The van der Waals surface area contributed by atoms with Gasteiger partial charge in [-0.3, -0.25) is 57.9 Å². The molecule has 0 heterocycles. The standard InChI is InChI=1S/C80H143N3O21/c1-4-7-10-13-16-19-22-25-28-31-34-37-40-43-46-51-75(94)102-66-80(67-103-76(95)52-47-44-41-38-35-32-29-26-23-20-17-14-11-8-5-2,68-104-77(96)53-48-45-42-39-36-33-30-27-24-21-18-15-12-9-6-3)79(98)100-57-50-49-56-99-65-78(97)101-64-69(83(62-73(90)91)63-74(92)93)58-81(59-70(84)85)54-55-82(60-71(86)87)61-72(88)89/h49-50,69H,4-48,51-68H2,1-3H3,(H,84,85)(H,86,87)(H,88,89)(H,90,91)(H,92,93)/b50-49-. The van der Waals surface area contributed by atoms with Crippen LogP contribution >= 0.6 is 0 Å². The van der Waals surface area contributed by atoms with Crippen molar-refractivity contribution in [2.45, 2.75) is 335 Å². The van der Waals surface area contributed by atoms with E-state index in [9.17, 15) is 73.5 Å². The predicted molar refractivity (Wildman–Crippen MR) is 402 cm³/mol. The summed E-state index contributed by atoms with van der Waals surface area (Å²) >= 11 is 0. The molecule has 0 saturated carbocycles. The van der Waals surface area contributed by atoms with Crippen molar-refractivity contribution >= 4 is 59.7 Å². The number of esters is 5. The highest BCUT2D eigenvalue weighted by Crippen LogP contribution is 2.26. The summed E-state index contributed by atoms with van der Waals surface area (Å²) in [6, 6.07) is -1.26. The van der Waals surface area contributed by atoms with Crippen LogP contribution in [0.15, 0.2) is 12.2 Å². The fourth-order valence-corrected chi connectivity index (χ4v) is 12.5. The minimum absolute atomic E-state index is 0.0889. The first-order valence-corrected chi connectivity index (χ1v) is 40.6. The molecule has 0 aliphatic rings. The number of unbranched alkanes of at least 4 members (excludes halogenated alkanes) is 42. The van der Waals surface area contributed by atoms with Gasteiger partial charge in [-0.15, -0.1) is 0 Å². The molecular weight excluding hydrogens is 1340 g/mol. The zero-order valence-electron chi connectivity index (χ0n) is 64.9. The van der Waals surface area contributed by atoms with Crippen LogP contribution in [0, 0.1) is 5.41 Å². The monoisotopic (exact) mass is 1480 g/mol. The quantitative estimate of drug-likeness (QED) is 0.0163. The molecule has 0 aliphatic carbocycles. The van der Waals surface area contributed by atoms with E-state index in [1.807, 2.05) is 0 Å². The molecule has 0 aromatic carbocycles. The van der Waals surface area contributed by atoms with Gasteiger partial charge in [-0.05, 0) is 25.3 Å². The third kappa shape index (κ3) is 63.5. The second kappa shape index (κ2) is 70.3. The number of carboxylic acid groups (broad SMARTS) is 5. The van der Waals surface area contributed by atoms with Gasteiger partial charge < -0.3 is 54.0 Å². The lowest BCUT2D eigenvalue weighted by molar-refractivity contribution is -0.179. The van der Waals surface area contributed by atoms with Crippen molar-refractivity contribution in [1.29, 1.82) is 0 Å². The number of hydrogen-bond donors (Lipinski definition) is 5. The van der Waals surface area contributed by atoms with E-state index in [0.29, 0.717) is 19.3 Å². The number of hydrogen-bond acceptors (Lipinski definition) is 19. The highest BCUT2D eigenvalue weighted by Gasteiger charge is 2.45. The van der Waals surface area contributed by atoms with Crippen molar-refractivity contribution in [3.63, 3.8) is 0 Å². The molecule has 104 heavy (non-hydrogen) atoms. The Kier molecular flexibility index (Phi) is 66.4. The maximum atomic E-state index is 14.5. The van der Waals surface area contributed by atoms with Gasteiger partial charge in [0.25, 0.3) is 0 Å². The van der Waals surface area contributed by atoms with Crippen LogP contribution < -0.4 is 0 Å². The zero-order valence-corrected chi connectivity index (χ0v) is 64.9. The number of carboxylic acids is 5. The van der Waals surface area contributed by atoms with Crippen LogP contribution in [0.2, 0.25) is 0 Å². The molecule has 0 amide bonds. The average Bonchev–Trinajstić information content (AvgIpc) is 0.829. The fourth-order valence-electron chi connectivity index (χ4n) is 12.5. The van der Waals surface area contributed by atoms with Crippen LogP contribution in [-0.4, -0.2) is 205 Å². The summed E-state index contributed by atoms with van der Waals surface area (Å²) in [5, 5.41) is 47.6. The van der Waals surface area contributed by atoms with Gasteiger partial charge in [-0.25, -0.2) is 4.79 Å². The van der Waals surface area contributed by atoms with E-state index < -0.39 is 143 Å². The Morgan fingerprint density at radius 2 is 0.587 bits per heavy atom. The summed E-state index contributed by atoms with van der Waals surface area (Å²) in [6.07, 6.45) is 55.3. The lowest BCUT2D eigenvalue weighted by Gasteiger charge is -2.33. The molecular formula is C80H143N3O21. The number of nitrogens with zero attached hydrogens (tertiary/aromatic N) is 3. The van der Waals surface area contributed by atoms with Crippen LogP contribution in [0.1, 0.15) is 329 Å². The molecule has 24 nitrogen and oxygen atoms in total. The molecule has 0 saturated heterocycles. The van der Waals surface area contributed by atoms with Crippen LogP contribution in [0.4, 0.5) is 0 Å². The maximum Gasteiger partial charge on any atom is 0.332 e. The fraction of sp³-hybridized carbons (Fsp3) is 0.850. The minimum Gasteiger partial charge on any atom is -0.480 e. The average molecular weight is 1480 g/mol. The van der Waals surface area contributed by atoms with Gasteiger partial charge in [0.05, 0.1) is 45.4 Å². The second-order valence-corrected chi connectivity index (χ2v) is 28.6. The molecule has 0 aromatic rings. The van der Waals surface area contributed by atoms with Crippen LogP contribution in [0.3, 0.4) is 0 Å². The number of ether oxygens (including phenoxy) is 6. The van der Waals surface area contributed by atoms with Gasteiger partial charge in [-0.2, -0.15) is 0 Å². The Labute approximate surface area is 624 Å². The highest BCUT2D eigenvalue weighted by molar-refractivity contribution is 5.80. The molecule has 1 atom stereocenters. The molecule has 0 spiro atoms. The van der Waals surface area contributed by atoms with Gasteiger partial charge in [0, 0.05) is 38.9 Å². The van der Waals surface area contributed by atoms with Crippen LogP contribution in [-0.2, 0) is 76.4 Å². The zero-order chi connectivity index (χ0) is 76.8. The predicted octanol–water partition coefficient (Wildman–Crippen LogP) is 15.7. The third-order valence-electron chi connectivity index (χ3n) is 18.7. The van der Waals surface area contributed by atoms with Crippen molar-refractivity contribution in [2.24, 2.45) is 5.41 Å². The van der Waals surface area contributed by atoms with E-state index in [1.165, 1.54) is 210 Å². The second-order valence-electron chi connectivity index (χ2n) is 28.6. The Morgan fingerprint density at radius 1 is 0.317 bits per heavy atom. The van der Waals surface area contributed by atoms with Crippen LogP contribution in [0.25, 0.3) is 0 Å². The third-order valence-corrected chi connectivity index (χ3v) is 18.7. The Morgan fingerprint density at radius 3 is 0.885 bits per heavy atom. The van der Waals surface area contributed by atoms with Crippen molar-refractivity contribution in [3.8, 4) is 0 Å². The van der Waals surface area contributed by atoms with Gasteiger partial charge in [-0.1, -0.05) is 297 Å². The molecule has 0 aromatic heterocycles. The van der Waals surface area contributed by atoms with Crippen molar-refractivity contribution in [1.82, 2.24) is 14.7 Å². The molecule has 0 rings (SSSR count). The number of rotatable bonds is 79. The largest absolute Gasteiger partial charge is 0.480 e. The molecule has 24 heteroatoms. The Bertz CT molecular complexity index is 2100. The lowest BCUT2D eigenvalue weighted by atomic mass is 9.91. The first-order chi connectivity index (χ1) is 50.3. The summed E-state index contributed by atoms with van der Waals surface area (Å²) in [4.78, 5) is 130. The van der Waals surface area contributed by atoms with Gasteiger partial charge >= 0.3 is 59.7 Å². The first kappa shape index (κ1) is 98.3. The Balaban J connectivity index is 6.23. The SMILES string of the molecule is CCCCCCCCCCCCCCCCCC(=O)OCC(COC(=O)CCCCCCCCCCCCCCCCC)(COC(=O)CCCCCCCCCCCCCCCCC)C(=O)OC/C=C\COCC(=O)OCC(CN(CCN(CC(=O)O)CC(=O)O)CC(=O)O)N(CC(=O)O)CC(=O)O. The molecule has 0 fully saturated rings. The smallest absolute Gasteiger partial charge is 0.332 e. The van der Waals surface area contributed by atoms with Gasteiger partial charge in [0.2, 0.25) is 0 Å². The van der Waals surface area contributed by atoms with E-state index in [0.717, 1.165) is 86.8 Å². The van der Waals surface area contributed by atoms with Gasteiger partial charge in [0.1, 0.15) is 39.6 Å². The Hall–Kier alpha value is -5.72. The molecule has 0 aliphatic heterocycles. The molecule has 604 valence electrons. The van der Waals surface area contributed by atoms with E-state index in [-0.39, 0.29) is 45.6 Å². The molecule has 0 radical (unpaired) electrons. The topological polar surface area (TPSA) is 337 Å². The summed E-state index contributed by atoms with van der Waals surface area (Å²) in [6.45, 7) is -1.85. The van der Waals surface area contributed by atoms with E-state index in [2.05, 4.69) is 20.8 Å². The summed E-state index contributed by atoms with van der Waals surface area (Å²) in [5.74, 6) is -10.6. The number of carbonyl (C=O) groups is 10. The van der Waals surface area contributed by atoms with Gasteiger partial charge in [0.15, 0.2) is 5.41 Å². The number of aliphatic carboxylic acids is 5. The van der Waals surface area contributed by atoms with E-state index >= 15 is 0 Å². The highest BCUT2D eigenvalue weighted by atomic mass is 16.6. The molecule has 1 unspecified atom stereocenters. The number of carbonyl (C=O) groups excluding carboxylic acids is 5. The van der Waals surface area contributed by atoms with Crippen molar-refractivity contribution in [2.75, 3.05) is 98.6 Å². The van der Waals surface area contributed by atoms with Crippen molar-refractivity contribution in [3.05, 3.63) is 12.2 Å². The summed E-state index contributed by atoms with van der Waals surface area (Å²) in [7, 11) is 0. The van der Waals surface area contributed by atoms with Crippen LogP contribution in [0.5, 0.6) is 0 Å². The van der Waals surface area contributed by atoms with E-state index in [4.69, 9.17) is 28.4 Å². The summed E-state index contributed by atoms with van der Waals surface area (Å²) < 4.78 is 34.0. The lowest BCUT2D eigenvalue weighted by Crippen LogP contribution is -2.52. The minimum atomic E-state index is -1.94. The maximum absolute atomic E-state index is 14.5. The molecule has 0 bridgehead atoms. The summed E-state index contributed by atoms with van der Waals surface area (Å²) in [5.41, 5.74) is -1.94. The first-order valence-electron chi connectivity index (χ1n) is 40.6. The normalized spacial score (nSPS) is 11.9. The molecule has 5 N–H and O–H groups in total. The van der Waals surface area contributed by atoms with E-state index in [1.54, 1.807) is 0 Å².